The van der Waals surface area contributed by atoms with Crippen LogP contribution in [0.25, 0.3) is 0 Å². The number of halogens is 2. The van der Waals surface area contributed by atoms with Crippen LogP contribution >= 0.6 is 24.0 Å². The highest BCUT2D eigenvalue weighted by Crippen LogP contribution is 2.36. The first kappa shape index (κ1) is 17.3. The maximum atomic E-state index is 12.5. The second kappa shape index (κ2) is 7.30. The van der Waals surface area contributed by atoms with Crippen molar-refractivity contribution in [2.24, 2.45) is 11.7 Å². The molecule has 0 spiro atoms. The number of hydrogen-bond donors (Lipinski definition) is 1. The van der Waals surface area contributed by atoms with E-state index < -0.39 is 0 Å². The molecule has 112 valence electrons. The highest BCUT2D eigenvalue weighted by molar-refractivity contribution is 6.31. The van der Waals surface area contributed by atoms with E-state index in [0.717, 1.165) is 30.0 Å². The number of nitrogens with zero attached hydrogens (tertiary/aromatic N) is 1. The van der Waals surface area contributed by atoms with E-state index >= 15 is 0 Å². The SMILES string of the molecule is CC(N)C(C)C(=O)N1CCCC1c1ccccc1Cl.Cl. The van der Waals surface area contributed by atoms with Gasteiger partial charge >= 0.3 is 0 Å². The smallest absolute Gasteiger partial charge is 0.227 e. The van der Waals surface area contributed by atoms with Gasteiger partial charge in [0.2, 0.25) is 5.91 Å². The minimum Gasteiger partial charge on any atom is -0.335 e. The van der Waals surface area contributed by atoms with Crippen LogP contribution in [0.2, 0.25) is 5.02 Å². The highest BCUT2D eigenvalue weighted by atomic mass is 35.5. The van der Waals surface area contributed by atoms with Crippen molar-refractivity contribution in [3.05, 3.63) is 34.9 Å². The van der Waals surface area contributed by atoms with Crippen LogP contribution < -0.4 is 5.73 Å². The number of hydrogen-bond acceptors (Lipinski definition) is 2. The molecule has 1 aliphatic rings. The van der Waals surface area contributed by atoms with Crippen molar-refractivity contribution >= 4 is 29.9 Å². The van der Waals surface area contributed by atoms with Crippen molar-refractivity contribution in [3.8, 4) is 0 Å². The molecule has 1 amide bonds. The molecule has 5 heteroatoms. The molecular formula is C15H22Cl2N2O. The van der Waals surface area contributed by atoms with Crippen LogP contribution in [0, 0.1) is 5.92 Å². The molecule has 0 bridgehead atoms. The molecule has 1 saturated heterocycles. The van der Waals surface area contributed by atoms with E-state index in [-0.39, 0.29) is 36.3 Å². The number of rotatable bonds is 3. The van der Waals surface area contributed by atoms with Gasteiger partial charge in [0.15, 0.2) is 0 Å². The number of amides is 1. The molecule has 0 saturated carbocycles. The van der Waals surface area contributed by atoms with Crippen molar-refractivity contribution in [2.45, 2.75) is 38.8 Å². The number of nitrogens with two attached hydrogens (primary N) is 1. The topological polar surface area (TPSA) is 46.3 Å². The summed E-state index contributed by atoms with van der Waals surface area (Å²) < 4.78 is 0. The average Bonchev–Trinajstić information content (AvgIpc) is 2.86. The zero-order valence-corrected chi connectivity index (χ0v) is 13.5. The van der Waals surface area contributed by atoms with Crippen LogP contribution in [0.4, 0.5) is 0 Å². The van der Waals surface area contributed by atoms with E-state index in [4.69, 9.17) is 17.3 Å². The predicted octanol–water partition coefficient (Wildman–Crippen LogP) is 3.41. The highest BCUT2D eigenvalue weighted by Gasteiger charge is 2.34. The van der Waals surface area contributed by atoms with Gasteiger partial charge < -0.3 is 10.6 Å². The minimum absolute atomic E-state index is 0. The first-order chi connectivity index (χ1) is 9.02. The third-order valence-electron chi connectivity index (χ3n) is 3.98. The minimum atomic E-state index is -0.150. The lowest BCUT2D eigenvalue weighted by atomic mass is 10.00. The molecule has 0 aromatic heterocycles. The van der Waals surface area contributed by atoms with Gasteiger partial charge in [-0.15, -0.1) is 12.4 Å². The maximum absolute atomic E-state index is 12.5. The van der Waals surface area contributed by atoms with Crippen molar-refractivity contribution in [1.29, 1.82) is 0 Å². The van der Waals surface area contributed by atoms with Crippen LogP contribution in [0.15, 0.2) is 24.3 Å². The van der Waals surface area contributed by atoms with Gasteiger partial charge in [-0.2, -0.15) is 0 Å². The van der Waals surface area contributed by atoms with Gasteiger partial charge in [0.05, 0.1) is 12.0 Å². The first-order valence-corrected chi connectivity index (χ1v) is 7.20. The van der Waals surface area contributed by atoms with Gasteiger partial charge in [0.25, 0.3) is 0 Å². The molecule has 0 aliphatic carbocycles. The lowest BCUT2D eigenvalue weighted by Gasteiger charge is -2.29. The Labute approximate surface area is 131 Å². The summed E-state index contributed by atoms with van der Waals surface area (Å²) in [6.45, 7) is 4.57. The fourth-order valence-electron chi connectivity index (χ4n) is 2.59. The fraction of sp³-hybridized carbons (Fsp3) is 0.533. The van der Waals surface area contributed by atoms with Crippen molar-refractivity contribution < 1.29 is 4.79 Å². The van der Waals surface area contributed by atoms with E-state index in [2.05, 4.69) is 0 Å². The Morgan fingerprint density at radius 1 is 1.40 bits per heavy atom. The molecular weight excluding hydrogens is 295 g/mol. The Morgan fingerprint density at radius 3 is 2.65 bits per heavy atom. The molecule has 1 aromatic carbocycles. The van der Waals surface area contributed by atoms with Crippen molar-refractivity contribution in [3.63, 3.8) is 0 Å². The summed E-state index contributed by atoms with van der Waals surface area (Å²) in [5.41, 5.74) is 6.89. The van der Waals surface area contributed by atoms with E-state index in [1.165, 1.54) is 0 Å². The molecule has 3 nitrogen and oxygen atoms in total. The molecule has 1 aliphatic heterocycles. The summed E-state index contributed by atoms with van der Waals surface area (Å²) in [4.78, 5) is 14.4. The van der Waals surface area contributed by atoms with Crippen LogP contribution in [0.5, 0.6) is 0 Å². The quantitative estimate of drug-likeness (QED) is 0.928. The van der Waals surface area contributed by atoms with Crippen LogP contribution in [-0.4, -0.2) is 23.4 Å². The first-order valence-electron chi connectivity index (χ1n) is 6.83. The largest absolute Gasteiger partial charge is 0.335 e. The Kier molecular flexibility index (Phi) is 6.31. The number of likely N-dealkylation sites (tertiary alicyclic amines) is 1. The van der Waals surface area contributed by atoms with E-state index in [1.54, 1.807) is 0 Å². The van der Waals surface area contributed by atoms with Gasteiger partial charge in [-0.25, -0.2) is 0 Å². The third-order valence-corrected chi connectivity index (χ3v) is 4.32. The second-order valence-electron chi connectivity index (χ2n) is 5.36. The molecule has 0 radical (unpaired) electrons. The lowest BCUT2D eigenvalue weighted by Crippen LogP contribution is -2.41. The predicted molar refractivity (Wildman–Crippen MR) is 85.2 cm³/mol. The summed E-state index contributed by atoms with van der Waals surface area (Å²) in [6, 6.07) is 7.75. The Bertz CT molecular complexity index is 465. The Hall–Kier alpha value is -0.770. The summed E-state index contributed by atoms with van der Waals surface area (Å²) >= 11 is 6.25. The Balaban J connectivity index is 0.00000200. The number of carbonyl (C=O) groups is 1. The molecule has 3 atom stereocenters. The fourth-order valence-corrected chi connectivity index (χ4v) is 2.85. The second-order valence-corrected chi connectivity index (χ2v) is 5.77. The van der Waals surface area contributed by atoms with Crippen molar-refractivity contribution in [2.75, 3.05) is 6.54 Å². The van der Waals surface area contributed by atoms with Gasteiger partial charge in [0, 0.05) is 17.6 Å². The van der Waals surface area contributed by atoms with Crippen LogP contribution in [-0.2, 0) is 4.79 Å². The average molecular weight is 317 g/mol. The maximum Gasteiger partial charge on any atom is 0.227 e. The normalized spacial score (nSPS) is 21.2. The van der Waals surface area contributed by atoms with Gasteiger partial charge in [-0.1, -0.05) is 36.7 Å². The van der Waals surface area contributed by atoms with Gasteiger partial charge in [-0.3, -0.25) is 4.79 Å². The molecule has 2 rings (SSSR count). The van der Waals surface area contributed by atoms with Crippen LogP contribution in [0.3, 0.4) is 0 Å². The summed E-state index contributed by atoms with van der Waals surface area (Å²) in [5.74, 6) is -0.0134. The van der Waals surface area contributed by atoms with E-state index in [1.807, 2.05) is 43.0 Å². The van der Waals surface area contributed by atoms with E-state index in [9.17, 15) is 4.79 Å². The molecule has 1 heterocycles. The summed E-state index contributed by atoms with van der Waals surface area (Å²) in [6.07, 6.45) is 1.99. The molecule has 1 aromatic rings. The molecule has 1 fully saturated rings. The molecule has 2 N–H and O–H groups in total. The summed E-state index contributed by atoms with van der Waals surface area (Å²) in [7, 11) is 0. The number of carbonyl (C=O) groups excluding carboxylic acids is 1. The lowest BCUT2D eigenvalue weighted by molar-refractivity contribution is -0.136. The standard InChI is InChI=1S/C15H21ClN2O.ClH/c1-10(11(2)17)15(19)18-9-5-8-14(18)12-6-3-4-7-13(12)16;/h3-4,6-7,10-11,14H,5,8-9,17H2,1-2H3;1H. The zero-order valence-electron chi connectivity index (χ0n) is 11.9. The number of benzene rings is 1. The van der Waals surface area contributed by atoms with Crippen molar-refractivity contribution in [1.82, 2.24) is 4.90 Å². The van der Waals surface area contributed by atoms with Crippen LogP contribution in [0.1, 0.15) is 38.3 Å². The van der Waals surface area contributed by atoms with Gasteiger partial charge in [0.1, 0.15) is 0 Å². The third kappa shape index (κ3) is 3.46. The molecule has 3 unspecified atom stereocenters. The van der Waals surface area contributed by atoms with Gasteiger partial charge in [-0.05, 0) is 31.4 Å². The summed E-state index contributed by atoms with van der Waals surface area (Å²) in [5, 5.41) is 0.737. The monoisotopic (exact) mass is 316 g/mol. The zero-order chi connectivity index (χ0) is 14.0. The van der Waals surface area contributed by atoms with E-state index in [0.29, 0.717) is 0 Å². The molecule has 20 heavy (non-hydrogen) atoms. The Morgan fingerprint density at radius 2 is 2.05 bits per heavy atom.